The summed E-state index contributed by atoms with van der Waals surface area (Å²) in [6.07, 6.45) is 5.70. The molecular weight excluding hydrogens is 538 g/mol. The second-order valence-corrected chi connectivity index (χ2v) is 12.4. The molecule has 2 fully saturated rings. The van der Waals surface area contributed by atoms with E-state index in [9.17, 15) is 8.42 Å². The zero-order valence-corrected chi connectivity index (χ0v) is 24.2. The summed E-state index contributed by atoms with van der Waals surface area (Å²) in [5, 5.41) is 0. The molecule has 6 rings (SSSR count). The number of imidazole rings is 1. The van der Waals surface area contributed by atoms with Gasteiger partial charge in [-0.05, 0) is 56.9 Å². The number of fused-ring (bicyclic) bond motifs is 1. The first-order chi connectivity index (χ1) is 19.9. The van der Waals surface area contributed by atoms with Gasteiger partial charge >= 0.3 is 0 Å². The number of hydrogen-bond acceptors (Lipinski definition) is 9. The Labute approximate surface area is 241 Å². The molecule has 0 atom stereocenters. The Morgan fingerprint density at radius 1 is 0.878 bits per heavy atom. The molecule has 0 amide bonds. The third-order valence-corrected chi connectivity index (χ3v) is 10.00. The number of nitrogens with two attached hydrogens (primary N) is 3. The van der Waals surface area contributed by atoms with E-state index in [0.29, 0.717) is 31.1 Å². The highest BCUT2D eigenvalue weighted by Crippen LogP contribution is 2.34. The number of piperazine rings is 1. The lowest BCUT2D eigenvalue weighted by atomic mass is 9.86. The predicted molar refractivity (Wildman–Crippen MR) is 161 cm³/mol. The van der Waals surface area contributed by atoms with E-state index < -0.39 is 10.0 Å². The molecule has 2 aromatic heterocycles. The van der Waals surface area contributed by atoms with Gasteiger partial charge in [-0.15, -0.1) is 0 Å². The van der Waals surface area contributed by atoms with Gasteiger partial charge in [-0.25, -0.2) is 23.4 Å². The first-order valence-corrected chi connectivity index (χ1v) is 15.6. The minimum absolute atomic E-state index is 0.251. The molecule has 4 aromatic rings. The standard InChI is InChI=1S/C29H35N7O2S.H4N2/c1-2-34-20-31-27-26(32-28(33-29(27)34)22-8-12-23(30)13-9-22)21-10-14-25(15-11-21)39(37,38)36-18-16-35(17-19-36)24-6-4-3-5-7-24;1-2/h3-7,10-11,14-15,20,22-23H,2,8-9,12-13,16-19,30H2,1H3;1-2H2. The van der Waals surface area contributed by atoms with Crippen LogP contribution in [0.4, 0.5) is 5.69 Å². The van der Waals surface area contributed by atoms with Gasteiger partial charge in [0.15, 0.2) is 5.65 Å². The normalized spacial score (nSPS) is 20.0. The predicted octanol–water partition coefficient (Wildman–Crippen LogP) is 2.83. The van der Waals surface area contributed by atoms with E-state index in [-0.39, 0.29) is 12.0 Å². The quantitative estimate of drug-likeness (QED) is 0.231. The number of anilines is 1. The van der Waals surface area contributed by atoms with Crippen LogP contribution in [0.25, 0.3) is 22.4 Å². The molecule has 2 aromatic carbocycles. The van der Waals surface area contributed by atoms with E-state index in [0.717, 1.165) is 66.2 Å². The molecule has 1 saturated heterocycles. The second-order valence-electron chi connectivity index (χ2n) is 10.5. The maximum Gasteiger partial charge on any atom is 0.243 e. The zero-order chi connectivity index (χ0) is 29.0. The Morgan fingerprint density at radius 2 is 1.54 bits per heavy atom. The van der Waals surface area contributed by atoms with Crippen molar-refractivity contribution in [3.63, 3.8) is 0 Å². The van der Waals surface area contributed by atoms with Crippen LogP contribution in [0.2, 0.25) is 0 Å². The summed E-state index contributed by atoms with van der Waals surface area (Å²) >= 11 is 0. The lowest BCUT2D eigenvalue weighted by Crippen LogP contribution is -2.48. The number of benzene rings is 2. The Bertz CT molecular complexity index is 1540. The second kappa shape index (κ2) is 12.6. The average molecular weight is 578 g/mol. The van der Waals surface area contributed by atoms with E-state index in [2.05, 4.69) is 40.6 Å². The van der Waals surface area contributed by atoms with Crippen LogP contribution < -0.4 is 22.3 Å². The van der Waals surface area contributed by atoms with Crippen molar-refractivity contribution in [2.24, 2.45) is 17.4 Å². The number of hydrogen-bond donors (Lipinski definition) is 3. The fourth-order valence-corrected chi connectivity index (χ4v) is 7.14. The number of aromatic nitrogens is 4. The molecule has 6 N–H and O–H groups in total. The highest BCUT2D eigenvalue weighted by molar-refractivity contribution is 7.89. The summed E-state index contributed by atoms with van der Waals surface area (Å²) in [6.45, 7) is 5.06. The number of sulfonamides is 1. The summed E-state index contributed by atoms with van der Waals surface area (Å²) < 4.78 is 30.6. The van der Waals surface area contributed by atoms with Crippen LogP contribution in [0, 0.1) is 0 Å². The summed E-state index contributed by atoms with van der Waals surface area (Å²) in [4.78, 5) is 17.1. The molecule has 12 heteroatoms. The van der Waals surface area contributed by atoms with Gasteiger partial charge in [0.2, 0.25) is 10.0 Å². The van der Waals surface area contributed by atoms with Crippen molar-refractivity contribution in [2.75, 3.05) is 31.1 Å². The molecule has 0 bridgehead atoms. The van der Waals surface area contributed by atoms with E-state index in [4.69, 9.17) is 15.7 Å². The lowest BCUT2D eigenvalue weighted by molar-refractivity contribution is 0.385. The Hall–Kier alpha value is -3.42. The third kappa shape index (κ3) is 5.97. The Kier molecular flexibility index (Phi) is 8.95. The van der Waals surface area contributed by atoms with Crippen LogP contribution in [-0.2, 0) is 16.6 Å². The van der Waals surface area contributed by atoms with Gasteiger partial charge in [0.1, 0.15) is 17.0 Å². The maximum absolute atomic E-state index is 13.5. The van der Waals surface area contributed by atoms with Crippen LogP contribution in [0.1, 0.15) is 44.3 Å². The third-order valence-electron chi connectivity index (χ3n) is 8.08. The first-order valence-electron chi connectivity index (χ1n) is 14.2. The largest absolute Gasteiger partial charge is 0.369 e. The number of rotatable bonds is 6. The van der Waals surface area contributed by atoms with Crippen LogP contribution in [0.3, 0.4) is 0 Å². The van der Waals surface area contributed by atoms with Crippen LogP contribution in [0.15, 0.2) is 65.8 Å². The fourth-order valence-electron chi connectivity index (χ4n) is 5.71. The number of aryl methyl sites for hydroxylation is 1. The summed E-state index contributed by atoms with van der Waals surface area (Å²) in [5.41, 5.74) is 10.4. The molecule has 0 unspecified atom stereocenters. The zero-order valence-electron chi connectivity index (χ0n) is 23.4. The van der Waals surface area contributed by atoms with Crippen molar-refractivity contribution in [3.8, 4) is 11.3 Å². The molecule has 11 nitrogen and oxygen atoms in total. The van der Waals surface area contributed by atoms with E-state index >= 15 is 0 Å². The van der Waals surface area contributed by atoms with Crippen LogP contribution in [0.5, 0.6) is 0 Å². The topological polar surface area (TPSA) is 162 Å². The van der Waals surface area contributed by atoms with Gasteiger partial charge in [-0.2, -0.15) is 4.31 Å². The van der Waals surface area contributed by atoms with Crippen molar-refractivity contribution in [3.05, 3.63) is 66.7 Å². The fraction of sp³-hybridized carbons (Fsp3) is 0.414. The van der Waals surface area contributed by atoms with Gasteiger partial charge in [0.25, 0.3) is 0 Å². The molecule has 1 aliphatic heterocycles. The minimum atomic E-state index is -3.60. The van der Waals surface area contributed by atoms with Gasteiger partial charge in [0, 0.05) is 55.9 Å². The summed E-state index contributed by atoms with van der Waals surface area (Å²) in [7, 11) is -3.60. The molecule has 218 valence electrons. The monoisotopic (exact) mass is 577 g/mol. The van der Waals surface area contributed by atoms with E-state index in [1.165, 1.54) is 0 Å². The Balaban J connectivity index is 0.00000165. The van der Waals surface area contributed by atoms with E-state index in [1.807, 2.05) is 34.9 Å². The molecule has 41 heavy (non-hydrogen) atoms. The Morgan fingerprint density at radius 3 is 2.17 bits per heavy atom. The first kappa shape index (κ1) is 29.1. The number of para-hydroxylation sites is 1. The molecule has 2 aliphatic rings. The van der Waals surface area contributed by atoms with Gasteiger partial charge in [-0.1, -0.05) is 30.3 Å². The SMILES string of the molecule is CCn1cnc2c(-c3ccc(S(=O)(=O)N4CCN(c5ccccc5)CC4)cc3)nc(C3CCC(N)CC3)nc21.NN. The average Bonchev–Trinajstić information content (AvgIpc) is 3.46. The number of nitrogens with zero attached hydrogens (tertiary/aromatic N) is 6. The lowest BCUT2D eigenvalue weighted by Gasteiger charge is -2.35. The molecule has 3 heterocycles. The molecular formula is C29H39N9O2S. The minimum Gasteiger partial charge on any atom is -0.369 e. The van der Waals surface area contributed by atoms with Gasteiger partial charge in [0.05, 0.1) is 11.2 Å². The number of hydrazine groups is 1. The van der Waals surface area contributed by atoms with Gasteiger partial charge < -0.3 is 15.2 Å². The maximum atomic E-state index is 13.5. The van der Waals surface area contributed by atoms with Crippen LogP contribution in [-0.4, -0.2) is 64.5 Å². The van der Waals surface area contributed by atoms with E-state index in [1.54, 1.807) is 22.8 Å². The van der Waals surface area contributed by atoms with Crippen molar-refractivity contribution >= 4 is 26.9 Å². The highest BCUT2D eigenvalue weighted by Gasteiger charge is 2.29. The molecule has 0 radical (unpaired) electrons. The van der Waals surface area contributed by atoms with Gasteiger partial charge in [-0.3, -0.25) is 11.7 Å². The highest BCUT2D eigenvalue weighted by atomic mass is 32.2. The van der Waals surface area contributed by atoms with Crippen molar-refractivity contribution in [1.29, 1.82) is 0 Å². The van der Waals surface area contributed by atoms with Crippen LogP contribution >= 0.6 is 0 Å². The molecule has 1 saturated carbocycles. The van der Waals surface area contributed by atoms with Crippen molar-refractivity contribution < 1.29 is 8.42 Å². The van der Waals surface area contributed by atoms with Crippen molar-refractivity contribution in [1.82, 2.24) is 23.8 Å². The summed E-state index contributed by atoms with van der Waals surface area (Å²) in [5.74, 6) is 9.09. The summed E-state index contributed by atoms with van der Waals surface area (Å²) in [6, 6.07) is 17.5. The van der Waals surface area contributed by atoms with Crippen molar-refractivity contribution in [2.45, 2.75) is 56.0 Å². The smallest absolute Gasteiger partial charge is 0.243 e. The molecule has 0 spiro atoms. The molecule has 1 aliphatic carbocycles.